The maximum Gasteiger partial charge on any atom is 0.339 e. The Morgan fingerprint density at radius 1 is 1.00 bits per heavy atom. The number of rotatable bonds is 5. The third kappa shape index (κ3) is 3.56. The minimum atomic E-state index is -0.479. The summed E-state index contributed by atoms with van der Waals surface area (Å²) in [6.45, 7) is 6.05. The molecule has 170 valence electrons. The summed E-state index contributed by atoms with van der Waals surface area (Å²) in [6, 6.07) is 7.83. The zero-order chi connectivity index (χ0) is 22.8. The Hall–Kier alpha value is -2.86. The van der Waals surface area contributed by atoms with Crippen LogP contribution in [-0.2, 0) is 23.9 Å². The molecule has 2 aliphatic carbocycles. The number of hydrogen-bond donors (Lipinski definition) is 0. The standard InChI is InChI=1S/C26H31NO5/c1-5-31-25(28)22-20(17-12-8-7-9-13-17)16(3)24-21(23(22)26(29)32-6-2)18-14-10-11-15-19(18)27(24)30-4/h10-11,14-15,21H,5-9,12-13H2,1-4H3. The van der Waals surface area contributed by atoms with Crippen molar-refractivity contribution in [3.05, 3.63) is 63.4 Å². The average Bonchev–Trinajstić information content (AvgIpc) is 3.14. The second kappa shape index (κ2) is 9.33. The highest BCUT2D eigenvalue weighted by molar-refractivity contribution is 6.08. The number of allylic oxidation sites excluding steroid dienone is 3. The van der Waals surface area contributed by atoms with E-state index in [1.807, 2.05) is 31.2 Å². The first-order valence-corrected chi connectivity index (χ1v) is 11.5. The van der Waals surface area contributed by atoms with Crippen molar-refractivity contribution in [3.8, 4) is 0 Å². The van der Waals surface area contributed by atoms with Crippen molar-refractivity contribution in [2.24, 2.45) is 0 Å². The fourth-order valence-electron chi connectivity index (χ4n) is 5.28. The number of esters is 2. The molecule has 0 saturated heterocycles. The predicted molar refractivity (Wildman–Crippen MR) is 122 cm³/mol. The van der Waals surface area contributed by atoms with Gasteiger partial charge in [-0.1, -0.05) is 30.2 Å². The number of carbonyl (C=O) groups is 2. The van der Waals surface area contributed by atoms with Gasteiger partial charge in [-0.05, 0) is 69.2 Å². The van der Waals surface area contributed by atoms with E-state index in [4.69, 9.17) is 14.3 Å². The molecule has 4 rings (SSSR count). The van der Waals surface area contributed by atoms with Crippen molar-refractivity contribution in [1.29, 1.82) is 0 Å². The van der Waals surface area contributed by atoms with Crippen LogP contribution in [0.2, 0.25) is 0 Å². The van der Waals surface area contributed by atoms with Crippen LogP contribution >= 0.6 is 0 Å². The number of anilines is 1. The van der Waals surface area contributed by atoms with Crippen LogP contribution in [0.25, 0.3) is 0 Å². The summed E-state index contributed by atoms with van der Waals surface area (Å²) in [5.74, 6) is -1.39. The van der Waals surface area contributed by atoms with E-state index in [0.717, 1.165) is 53.8 Å². The number of ether oxygens (including phenoxy) is 2. The Labute approximate surface area is 189 Å². The first-order valence-electron chi connectivity index (χ1n) is 11.5. The molecule has 6 nitrogen and oxygen atoms in total. The van der Waals surface area contributed by atoms with Gasteiger partial charge in [-0.25, -0.2) is 14.7 Å². The topological polar surface area (TPSA) is 65.1 Å². The third-order valence-electron chi connectivity index (χ3n) is 6.49. The van der Waals surface area contributed by atoms with Crippen LogP contribution in [0.4, 0.5) is 5.69 Å². The number of hydroxylamine groups is 1. The number of fused-ring (bicyclic) bond motifs is 3. The van der Waals surface area contributed by atoms with Crippen molar-refractivity contribution in [2.75, 3.05) is 25.4 Å². The van der Waals surface area contributed by atoms with Crippen LogP contribution < -0.4 is 5.06 Å². The van der Waals surface area contributed by atoms with Crippen molar-refractivity contribution in [1.82, 2.24) is 0 Å². The normalized spacial score (nSPS) is 20.4. The van der Waals surface area contributed by atoms with E-state index in [1.165, 1.54) is 12.0 Å². The van der Waals surface area contributed by atoms with Gasteiger partial charge in [0.1, 0.15) is 0 Å². The van der Waals surface area contributed by atoms with Crippen molar-refractivity contribution in [2.45, 2.75) is 58.8 Å². The minimum Gasteiger partial charge on any atom is -0.463 e. The highest BCUT2D eigenvalue weighted by Gasteiger charge is 2.48. The Morgan fingerprint density at radius 3 is 2.31 bits per heavy atom. The van der Waals surface area contributed by atoms with Crippen LogP contribution in [0.5, 0.6) is 0 Å². The zero-order valence-corrected chi connectivity index (χ0v) is 19.3. The van der Waals surface area contributed by atoms with E-state index in [2.05, 4.69) is 0 Å². The molecule has 0 radical (unpaired) electrons. The quantitative estimate of drug-likeness (QED) is 0.596. The number of para-hydroxylation sites is 1. The van der Waals surface area contributed by atoms with E-state index in [-0.39, 0.29) is 13.2 Å². The SMILES string of the molecule is CCOC(=O)C1=C(C(=O)OCC)C2C(=C(C)C1=C1CCCCC1)N(OC)c1ccccc12. The molecule has 0 N–H and O–H groups in total. The molecule has 1 heterocycles. The van der Waals surface area contributed by atoms with Gasteiger partial charge in [-0.15, -0.1) is 0 Å². The van der Waals surface area contributed by atoms with Crippen molar-refractivity contribution >= 4 is 17.6 Å². The Balaban J connectivity index is 2.06. The van der Waals surface area contributed by atoms with E-state index in [9.17, 15) is 9.59 Å². The third-order valence-corrected chi connectivity index (χ3v) is 6.49. The molecule has 1 fully saturated rings. The Morgan fingerprint density at radius 2 is 1.66 bits per heavy atom. The molecule has 1 aromatic carbocycles. The maximum atomic E-state index is 13.4. The zero-order valence-electron chi connectivity index (χ0n) is 19.3. The largest absolute Gasteiger partial charge is 0.463 e. The molecular weight excluding hydrogens is 406 g/mol. The summed E-state index contributed by atoms with van der Waals surface area (Å²) < 4.78 is 11.0. The Bertz CT molecular complexity index is 1020. The molecule has 6 heteroatoms. The highest BCUT2D eigenvalue weighted by atomic mass is 16.7. The lowest BCUT2D eigenvalue weighted by Gasteiger charge is -2.33. The summed E-state index contributed by atoms with van der Waals surface area (Å²) in [6.07, 6.45) is 5.13. The van der Waals surface area contributed by atoms with Crippen LogP contribution in [0, 0.1) is 0 Å². The minimum absolute atomic E-state index is 0.227. The molecule has 1 saturated carbocycles. The molecule has 32 heavy (non-hydrogen) atoms. The summed E-state index contributed by atoms with van der Waals surface area (Å²) in [7, 11) is 1.63. The van der Waals surface area contributed by atoms with Gasteiger partial charge in [-0.2, -0.15) is 0 Å². The summed E-state index contributed by atoms with van der Waals surface area (Å²) in [4.78, 5) is 32.6. The highest BCUT2D eigenvalue weighted by Crippen LogP contribution is 2.55. The molecule has 0 bridgehead atoms. The van der Waals surface area contributed by atoms with Crippen LogP contribution in [0.1, 0.15) is 64.4 Å². The van der Waals surface area contributed by atoms with Gasteiger partial charge in [-0.3, -0.25) is 4.84 Å². The van der Waals surface area contributed by atoms with Crippen molar-refractivity contribution < 1.29 is 23.9 Å². The van der Waals surface area contributed by atoms with E-state index < -0.39 is 17.9 Å². The summed E-state index contributed by atoms with van der Waals surface area (Å²) in [5.41, 5.74) is 6.38. The van der Waals surface area contributed by atoms with Crippen LogP contribution in [0.15, 0.2) is 57.8 Å². The van der Waals surface area contributed by atoms with Gasteiger partial charge in [0.15, 0.2) is 0 Å². The first kappa shape index (κ1) is 22.3. The smallest absolute Gasteiger partial charge is 0.339 e. The molecule has 3 aliphatic rings. The lowest BCUT2D eigenvalue weighted by molar-refractivity contribution is -0.141. The fraction of sp³-hybridized carbons (Fsp3) is 0.462. The van der Waals surface area contributed by atoms with Gasteiger partial charge < -0.3 is 9.47 Å². The van der Waals surface area contributed by atoms with Gasteiger partial charge in [0, 0.05) is 0 Å². The number of nitrogens with zero attached hydrogens (tertiary/aromatic N) is 1. The molecule has 0 amide bonds. The number of carbonyl (C=O) groups excluding carboxylic acids is 2. The molecular formula is C26H31NO5. The fourth-order valence-corrected chi connectivity index (χ4v) is 5.28. The second-order valence-electron chi connectivity index (χ2n) is 8.25. The lowest BCUT2D eigenvalue weighted by Crippen LogP contribution is -2.31. The first-order chi connectivity index (χ1) is 15.5. The van der Waals surface area contributed by atoms with Gasteiger partial charge in [0.05, 0.1) is 48.8 Å². The second-order valence-corrected chi connectivity index (χ2v) is 8.25. The number of hydrogen-bond acceptors (Lipinski definition) is 6. The van der Waals surface area contributed by atoms with Crippen LogP contribution in [0.3, 0.4) is 0 Å². The molecule has 1 aromatic rings. The molecule has 0 aromatic heterocycles. The molecule has 1 unspecified atom stereocenters. The van der Waals surface area contributed by atoms with E-state index in [0.29, 0.717) is 11.1 Å². The molecule has 1 aliphatic heterocycles. The number of benzene rings is 1. The average molecular weight is 438 g/mol. The monoisotopic (exact) mass is 437 g/mol. The molecule has 1 atom stereocenters. The van der Waals surface area contributed by atoms with E-state index in [1.54, 1.807) is 26.0 Å². The Kier molecular flexibility index (Phi) is 6.51. The van der Waals surface area contributed by atoms with Gasteiger partial charge in [0.2, 0.25) is 0 Å². The van der Waals surface area contributed by atoms with Gasteiger partial charge in [0.25, 0.3) is 0 Å². The summed E-state index contributed by atoms with van der Waals surface area (Å²) >= 11 is 0. The maximum absolute atomic E-state index is 13.4. The predicted octanol–water partition coefficient (Wildman–Crippen LogP) is 5.12. The van der Waals surface area contributed by atoms with Crippen molar-refractivity contribution in [3.63, 3.8) is 0 Å². The molecule has 0 spiro atoms. The van der Waals surface area contributed by atoms with E-state index >= 15 is 0 Å². The summed E-state index contributed by atoms with van der Waals surface area (Å²) in [5, 5.41) is 1.79. The van der Waals surface area contributed by atoms with Gasteiger partial charge >= 0.3 is 11.9 Å². The van der Waals surface area contributed by atoms with Crippen LogP contribution in [-0.4, -0.2) is 32.3 Å². The lowest BCUT2D eigenvalue weighted by atomic mass is 9.74.